The number of benzene rings is 2. The molecule has 4 nitrogen and oxygen atoms in total. The largest absolute Gasteiger partial charge is 0.508 e. The Morgan fingerprint density at radius 3 is 1.50 bits per heavy atom. The molecular formula is C16H18O4. The summed E-state index contributed by atoms with van der Waals surface area (Å²) in [4.78, 5) is 0. The van der Waals surface area contributed by atoms with Crippen LogP contribution in [0.4, 0.5) is 0 Å². The third-order valence-corrected chi connectivity index (χ3v) is 3.25. The fourth-order valence-electron chi connectivity index (χ4n) is 2.12. The van der Waals surface area contributed by atoms with Gasteiger partial charge < -0.3 is 19.3 Å². The van der Waals surface area contributed by atoms with E-state index in [4.69, 9.17) is 14.2 Å². The predicted octanol–water partition coefficient (Wildman–Crippen LogP) is 3.11. The zero-order valence-electron chi connectivity index (χ0n) is 11.8. The smallest absolute Gasteiger partial charge is 0.311 e. The Bertz CT molecular complexity index is 533. The number of ether oxygens (including phenoxy) is 3. The molecule has 0 aromatic heterocycles. The molecule has 0 saturated heterocycles. The van der Waals surface area contributed by atoms with Crippen LogP contribution in [0.5, 0.6) is 5.75 Å². The Kier molecular flexibility index (Phi) is 4.39. The van der Waals surface area contributed by atoms with Gasteiger partial charge in [0.25, 0.3) is 0 Å². The molecule has 0 amide bonds. The highest BCUT2D eigenvalue weighted by atomic mass is 16.9. The lowest BCUT2D eigenvalue weighted by atomic mass is 10.0. The third-order valence-electron chi connectivity index (χ3n) is 3.25. The zero-order chi connectivity index (χ0) is 14.6. The monoisotopic (exact) mass is 274 g/mol. The summed E-state index contributed by atoms with van der Waals surface area (Å²) >= 11 is 0. The van der Waals surface area contributed by atoms with Crippen molar-refractivity contribution in [2.75, 3.05) is 21.3 Å². The minimum atomic E-state index is -1.19. The van der Waals surface area contributed by atoms with E-state index in [0.717, 1.165) is 16.7 Å². The standard InChI is InChI=1S/C16H18O4/c1-18-16(19-2,20-3)14-8-4-12(5-9-14)13-6-10-15(17)11-7-13/h4-11,17H,1-3H3. The number of aromatic hydroxyl groups is 1. The van der Waals surface area contributed by atoms with E-state index in [1.807, 2.05) is 36.4 Å². The molecule has 4 heteroatoms. The molecule has 0 spiro atoms. The highest BCUT2D eigenvalue weighted by Gasteiger charge is 2.32. The highest BCUT2D eigenvalue weighted by molar-refractivity contribution is 5.64. The second kappa shape index (κ2) is 6.05. The summed E-state index contributed by atoms with van der Waals surface area (Å²) in [6.45, 7) is 0. The van der Waals surface area contributed by atoms with Gasteiger partial charge in [-0.05, 0) is 23.3 Å². The molecule has 2 aromatic rings. The van der Waals surface area contributed by atoms with Gasteiger partial charge in [-0.15, -0.1) is 0 Å². The maximum absolute atomic E-state index is 9.30. The normalized spacial score (nSPS) is 11.6. The lowest BCUT2D eigenvalue weighted by Gasteiger charge is -2.29. The number of phenols is 1. The number of methoxy groups -OCH3 is 3. The van der Waals surface area contributed by atoms with Crippen molar-refractivity contribution in [3.8, 4) is 16.9 Å². The predicted molar refractivity (Wildman–Crippen MR) is 76.2 cm³/mol. The van der Waals surface area contributed by atoms with Crippen LogP contribution in [0.2, 0.25) is 0 Å². The van der Waals surface area contributed by atoms with Crippen LogP contribution in [0.1, 0.15) is 5.56 Å². The summed E-state index contributed by atoms with van der Waals surface area (Å²) in [5.41, 5.74) is 2.82. The molecule has 0 aliphatic rings. The lowest BCUT2D eigenvalue weighted by Crippen LogP contribution is -2.32. The van der Waals surface area contributed by atoms with Crippen LogP contribution < -0.4 is 0 Å². The van der Waals surface area contributed by atoms with Gasteiger partial charge in [-0.25, -0.2) is 0 Å². The Hall–Kier alpha value is -1.88. The molecule has 0 atom stereocenters. The van der Waals surface area contributed by atoms with Crippen molar-refractivity contribution in [3.05, 3.63) is 54.1 Å². The van der Waals surface area contributed by atoms with Gasteiger partial charge >= 0.3 is 5.97 Å². The van der Waals surface area contributed by atoms with Crippen molar-refractivity contribution >= 4 is 0 Å². The molecule has 0 aliphatic heterocycles. The van der Waals surface area contributed by atoms with Gasteiger partial charge in [-0.2, -0.15) is 0 Å². The molecular weight excluding hydrogens is 256 g/mol. The first kappa shape index (κ1) is 14.5. The molecule has 0 bridgehead atoms. The van der Waals surface area contributed by atoms with Gasteiger partial charge in [0, 0.05) is 26.9 Å². The lowest BCUT2D eigenvalue weighted by molar-refractivity contribution is -0.364. The average molecular weight is 274 g/mol. The van der Waals surface area contributed by atoms with Crippen molar-refractivity contribution in [1.82, 2.24) is 0 Å². The number of phenolic OH excluding ortho intramolecular Hbond substituents is 1. The van der Waals surface area contributed by atoms with Crippen molar-refractivity contribution in [2.24, 2.45) is 0 Å². The molecule has 0 fully saturated rings. The van der Waals surface area contributed by atoms with E-state index in [9.17, 15) is 5.11 Å². The van der Waals surface area contributed by atoms with Crippen LogP contribution in [0.25, 0.3) is 11.1 Å². The van der Waals surface area contributed by atoms with Gasteiger partial charge in [-0.1, -0.05) is 36.4 Å². The molecule has 1 N–H and O–H groups in total. The maximum Gasteiger partial charge on any atom is 0.311 e. The van der Waals surface area contributed by atoms with E-state index in [2.05, 4.69) is 0 Å². The molecule has 106 valence electrons. The molecule has 2 aromatic carbocycles. The van der Waals surface area contributed by atoms with Gasteiger partial charge in [-0.3, -0.25) is 0 Å². The zero-order valence-corrected chi connectivity index (χ0v) is 11.8. The van der Waals surface area contributed by atoms with E-state index >= 15 is 0 Å². The first-order valence-corrected chi connectivity index (χ1v) is 6.20. The van der Waals surface area contributed by atoms with E-state index in [-0.39, 0.29) is 5.75 Å². The molecule has 0 aliphatic carbocycles. The molecule has 0 heterocycles. The van der Waals surface area contributed by atoms with Crippen molar-refractivity contribution in [3.63, 3.8) is 0 Å². The van der Waals surface area contributed by atoms with Crippen LogP contribution >= 0.6 is 0 Å². The van der Waals surface area contributed by atoms with E-state index in [1.54, 1.807) is 12.1 Å². The number of rotatable bonds is 5. The second-order valence-electron chi connectivity index (χ2n) is 4.29. The topological polar surface area (TPSA) is 47.9 Å². The maximum atomic E-state index is 9.30. The van der Waals surface area contributed by atoms with E-state index in [1.165, 1.54) is 21.3 Å². The first-order valence-electron chi connectivity index (χ1n) is 6.20. The van der Waals surface area contributed by atoms with Crippen LogP contribution in [0.15, 0.2) is 48.5 Å². The molecule has 0 saturated carbocycles. The van der Waals surface area contributed by atoms with Crippen LogP contribution in [0.3, 0.4) is 0 Å². The summed E-state index contributed by atoms with van der Waals surface area (Å²) in [5, 5.41) is 9.30. The quantitative estimate of drug-likeness (QED) is 0.851. The van der Waals surface area contributed by atoms with Gasteiger partial charge in [0.1, 0.15) is 5.75 Å². The van der Waals surface area contributed by atoms with Gasteiger partial charge in [0.05, 0.1) is 0 Å². The SMILES string of the molecule is COC(OC)(OC)c1ccc(-c2ccc(O)cc2)cc1. The summed E-state index contributed by atoms with van der Waals surface area (Å²) in [5.74, 6) is -0.935. The Morgan fingerprint density at radius 1 is 0.700 bits per heavy atom. The minimum absolute atomic E-state index is 0.252. The Labute approximate surface area is 118 Å². The Morgan fingerprint density at radius 2 is 1.10 bits per heavy atom. The fraction of sp³-hybridized carbons (Fsp3) is 0.250. The van der Waals surface area contributed by atoms with Crippen LogP contribution in [-0.4, -0.2) is 26.4 Å². The molecule has 2 rings (SSSR count). The molecule has 0 radical (unpaired) electrons. The van der Waals surface area contributed by atoms with Gasteiger partial charge in [0.15, 0.2) is 0 Å². The van der Waals surface area contributed by atoms with Crippen molar-refractivity contribution < 1.29 is 19.3 Å². The Balaban J connectivity index is 2.32. The van der Waals surface area contributed by atoms with Gasteiger partial charge in [0.2, 0.25) is 0 Å². The fourth-order valence-corrected chi connectivity index (χ4v) is 2.12. The average Bonchev–Trinajstić information content (AvgIpc) is 2.51. The molecule has 0 unspecified atom stereocenters. The summed E-state index contributed by atoms with van der Waals surface area (Å²) in [7, 11) is 4.59. The van der Waals surface area contributed by atoms with E-state index < -0.39 is 5.97 Å². The first-order chi connectivity index (χ1) is 9.65. The second-order valence-corrected chi connectivity index (χ2v) is 4.29. The number of hydrogen-bond donors (Lipinski definition) is 1. The van der Waals surface area contributed by atoms with Crippen LogP contribution in [0, 0.1) is 0 Å². The van der Waals surface area contributed by atoms with Crippen molar-refractivity contribution in [2.45, 2.75) is 5.97 Å². The van der Waals surface area contributed by atoms with Crippen LogP contribution in [-0.2, 0) is 20.2 Å². The number of hydrogen-bond acceptors (Lipinski definition) is 4. The highest BCUT2D eigenvalue weighted by Crippen LogP contribution is 2.29. The summed E-state index contributed by atoms with van der Waals surface area (Å²) in [6, 6.07) is 14.7. The summed E-state index contributed by atoms with van der Waals surface area (Å²) < 4.78 is 15.9. The molecule has 20 heavy (non-hydrogen) atoms. The third kappa shape index (κ3) is 2.67. The van der Waals surface area contributed by atoms with Crippen molar-refractivity contribution in [1.29, 1.82) is 0 Å². The summed E-state index contributed by atoms with van der Waals surface area (Å²) in [6.07, 6.45) is 0. The van der Waals surface area contributed by atoms with E-state index in [0.29, 0.717) is 0 Å². The minimum Gasteiger partial charge on any atom is -0.508 e.